The number of methoxy groups -OCH3 is 1. The van der Waals surface area contributed by atoms with Gasteiger partial charge in [0.25, 0.3) is 0 Å². The molecule has 0 aliphatic rings. The third-order valence-electron chi connectivity index (χ3n) is 1.82. The van der Waals surface area contributed by atoms with Crippen LogP contribution in [0.1, 0.15) is 6.92 Å². The van der Waals surface area contributed by atoms with Gasteiger partial charge < -0.3 is 21.1 Å². The van der Waals surface area contributed by atoms with E-state index in [1.807, 2.05) is 6.92 Å². The first-order valence-corrected chi connectivity index (χ1v) is 4.65. The lowest BCUT2D eigenvalue weighted by molar-refractivity contribution is 0.252. The van der Waals surface area contributed by atoms with E-state index < -0.39 is 0 Å². The molecule has 0 saturated heterocycles. The van der Waals surface area contributed by atoms with Gasteiger partial charge in [-0.15, -0.1) is 0 Å². The van der Waals surface area contributed by atoms with Crippen molar-refractivity contribution in [2.45, 2.75) is 6.92 Å². The second kappa shape index (κ2) is 5.09. The molecule has 1 aromatic rings. The summed E-state index contributed by atoms with van der Waals surface area (Å²) < 4.78 is 5.00. The number of hydrogen-bond donors (Lipinski definition) is 3. The molecule has 0 saturated carbocycles. The van der Waals surface area contributed by atoms with E-state index in [-0.39, 0.29) is 6.03 Å². The zero-order valence-corrected chi connectivity index (χ0v) is 8.83. The molecule has 5 nitrogen and oxygen atoms in total. The van der Waals surface area contributed by atoms with Gasteiger partial charge in [0.1, 0.15) is 5.75 Å². The Hall–Kier alpha value is -1.91. The highest BCUT2D eigenvalue weighted by Gasteiger charge is 2.03. The van der Waals surface area contributed by atoms with Crippen LogP contribution in [-0.2, 0) is 0 Å². The summed E-state index contributed by atoms with van der Waals surface area (Å²) in [6.45, 7) is 2.43. The number of nitrogens with two attached hydrogens (primary N) is 1. The van der Waals surface area contributed by atoms with Crippen molar-refractivity contribution in [3.8, 4) is 5.75 Å². The molecule has 0 aromatic heterocycles. The molecule has 0 radical (unpaired) electrons. The van der Waals surface area contributed by atoms with Gasteiger partial charge in [0.05, 0.1) is 12.8 Å². The minimum Gasteiger partial charge on any atom is -0.495 e. The second-order valence-electron chi connectivity index (χ2n) is 2.94. The predicted octanol–water partition coefficient (Wildman–Crippen LogP) is 1.42. The Morgan fingerprint density at radius 2 is 2.27 bits per heavy atom. The quantitative estimate of drug-likeness (QED) is 0.659. The average molecular weight is 209 g/mol. The fraction of sp³-hybridized carbons (Fsp3) is 0.300. The van der Waals surface area contributed by atoms with Crippen molar-refractivity contribution in [1.82, 2.24) is 5.32 Å². The Labute approximate surface area is 88.6 Å². The van der Waals surface area contributed by atoms with Gasteiger partial charge in [0.2, 0.25) is 0 Å². The van der Waals surface area contributed by atoms with Gasteiger partial charge in [-0.1, -0.05) is 0 Å². The van der Waals surface area contributed by atoms with E-state index in [9.17, 15) is 4.79 Å². The molecule has 0 aliphatic heterocycles. The first-order chi connectivity index (χ1) is 7.17. The third kappa shape index (κ3) is 3.05. The molecule has 0 unspecified atom stereocenters. The predicted molar refractivity (Wildman–Crippen MR) is 60.1 cm³/mol. The molecule has 0 fully saturated rings. The third-order valence-corrected chi connectivity index (χ3v) is 1.82. The summed E-state index contributed by atoms with van der Waals surface area (Å²) in [5, 5.41) is 5.27. The van der Waals surface area contributed by atoms with Crippen molar-refractivity contribution in [2.75, 3.05) is 24.7 Å². The fourth-order valence-corrected chi connectivity index (χ4v) is 1.15. The summed E-state index contributed by atoms with van der Waals surface area (Å²) >= 11 is 0. The van der Waals surface area contributed by atoms with Crippen LogP contribution in [0.15, 0.2) is 18.2 Å². The fourth-order valence-electron chi connectivity index (χ4n) is 1.15. The number of carbonyl (C=O) groups is 1. The first kappa shape index (κ1) is 11.2. The van der Waals surface area contributed by atoms with Gasteiger partial charge in [0.15, 0.2) is 0 Å². The largest absolute Gasteiger partial charge is 0.495 e. The van der Waals surface area contributed by atoms with Gasteiger partial charge in [-0.25, -0.2) is 4.79 Å². The van der Waals surface area contributed by atoms with Crippen LogP contribution in [0.2, 0.25) is 0 Å². The number of rotatable bonds is 3. The second-order valence-corrected chi connectivity index (χ2v) is 2.94. The lowest BCUT2D eigenvalue weighted by Crippen LogP contribution is -2.28. The van der Waals surface area contributed by atoms with Crippen LogP contribution >= 0.6 is 0 Å². The van der Waals surface area contributed by atoms with E-state index >= 15 is 0 Å². The number of carbonyl (C=O) groups excluding carboxylic acids is 1. The molecule has 0 spiro atoms. The van der Waals surface area contributed by atoms with Crippen molar-refractivity contribution in [3.63, 3.8) is 0 Å². The number of nitrogens with one attached hydrogen (secondary N) is 2. The van der Waals surface area contributed by atoms with Crippen LogP contribution in [0.3, 0.4) is 0 Å². The molecule has 0 bridgehead atoms. The van der Waals surface area contributed by atoms with E-state index in [0.29, 0.717) is 23.7 Å². The number of nitrogen functional groups attached to an aromatic ring is 1. The van der Waals surface area contributed by atoms with Crippen molar-refractivity contribution < 1.29 is 9.53 Å². The number of ether oxygens (including phenoxy) is 1. The zero-order valence-electron chi connectivity index (χ0n) is 8.83. The molecule has 82 valence electrons. The summed E-state index contributed by atoms with van der Waals surface area (Å²) in [5.74, 6) is 0.594. The standard InChI is InChI=1S/C10H15N3O2/c1-3-12-10(14)13-7-4-5-9(15-2)8(11)6-7/h4-6H,3,11H2,1-2H3,(H2,12,13,14). The lowest BCUT2D eigenvalue weighted by atomic mass is 10.2. The maximum absolute atomic E-state index is 11.2. The topological polar surface area (TPSA) is 76.4 Å². The SMILES string of the molecule is CCNC(=O)Nc1ccc(OC)c(N)c1. The van der Waals surface area contributed by atoms with Gasteiger partial charge in [-0.2, -0.15) is 0 Å². The van der Waals surface area contributed by atoms with Crippen LogP contribution in [-0.4, -0.2) is 19.7 Å². The van der Waals surface area contributed by atoms with E-state index in [1.165, 1.54) is 0 Å². The Kier molecular flexibility index (Phi) is 3.79. The molecule has 0 aliphatic carbocycles. The molecule has 15 heavy (non-hydrogen) atoms. The van der Waals surface area contributed by atoms with Crippen LogP contribution < -0.4 is 21.1 Å². The number of anilines is 2. The summed E-state index contributed by atoms with van der Waals surface area (Å²) in [5.41, 5.74) is 6.82. The number of amides is 2. The van der Waals surface area contributed by atoms with Gasteiger partial charge in [0, 0.05) is 12.2 Å². The van der Waals surface area contributed by atoms with Crippen molar-refractivity contribution in [3.05, 3.63) is 18.2 Å². The number of hydrogen-bond acceptors (Lipinski definition) is 3. The molecular formula is C10H15N3O2. The Bertz CT molecular complexity index is 353. The van der Waals surface area contributed by atoms with E-state index in [1.54, 1.807) is 25.3 Å². The van der Waals surface area contributed by atoms with Gasteiger partial charge in [-0.05, 0) is 25.1 Å². The number of urea groups is 1. The smallest absolute Gasteiger partial charge is 0.319 e. The maximum atomic E-state index is 11.2. The molecular weight excluding hydrogens is 194 g/mol. The molecule has 2 amide bonds. The molecule has 0 atom stereocenters. The molecule has 0 heterocycles. The van der Waals surface area contributed by atoms with Crippen molar-refractivity contribution in [2.24, 2.45) is 0 Å². The summed E-state index contributed by atoms with van der Waals surface area (Å²) in [6.07, 6.45) is 0. The van der Waals surface area contributed by atoms with Crippen LogP contribution in [0.4, 0.5) is 16.2 Å². The summed E-state index contributed by atoms with van der Waals surface area (Å²) in [6, 6.07) is 4.83. The monoisotopic (exact) mass is 209 g/mol. The molecule has 1 aromatic carbocycles. The van der Waals surface area contributed by atoms with Crippen molar-refractivity contribution >= 4 is 17.4 Å². The Morgan fingerprint density at radius 3 is 2.80 bits per heavy atom. The minimum atomic E-state index is -0.248. The summed E-state index contributed by atoms with van der Waals surface area (Å²) in [7, 11) is 1.54. The number of benzene rings is 1. The lowest BCUT2D eigenvalue weighted by Gasteiger charge is -2.08. The van der Waals surface area contributed by atoms with E-state index in [0.717, 1.165) is 0 Å². The van der Waals surface area contributed by atoms with E-state index in [4.69, 9.17) is 10.5 Å². The van der Waals surface area contributed by atoms with Gasteiger partial charge in [-0.3, -0.25) is 0 Å². The minimum absolute atomic E-state index is 0.248. The van der Waals surface area contributed by atoms with Crippen LogP contribution in [0.25, 0.3) is 0 Å². The Morgan fingerprint density at radius 1 is 1.53 bits per heavy atom. The van der Waals surface area contributed by atoms with Crippen LogP contribution in [0.5, 0.6) is 5.75 Å². The molecule has 4 N–H and O–H groups in total. The summed E-state index contributed by atoms with van der Waals surface area (Å²) in [4.78, 5) is 11.2. The van der Waals surface area contributed by atoms with Crippen molar-refractivity contribution in [1.29, 1.82) is 0 Å². The van der Waals surface area contributed by atoms with Crippen LogP contribution in [0, 0.1) is 0 Å². The molecule has 1 rings (SSSR count). The molecule has 5 heteroatoms. The van der Waals surface area contributed by atoms with Gasteiger partial charge >= 0.3 is 6.03 Å². The maximum Gasteiger partial charge on any atom is 0.319 e. The normalized spacial score (nSPS) is 9.47. The average Bonchev–Trinajstić information content (AvgIpc) is 2.18. The Balaban J connectivity index is 2.71. The highest BCUT2D eigenvalue weighted by Crippen LogP contribution is 2.24. The first-order valence-electron chi connectivity index (χ1n) is 4.65. The zero-order chi connectivity index (χ0) is 11.3. The highest BCUT2D eigenvalue weighted by atomic mass is 16.5. The van der Waals surface area contributed by atoms with E-state index in [2.05, 4.69) is 10.6 Å². The highest BCUT2D eigenvalue weighted by molar-refractivity contribution is 5.90.